The summed E-state index contributed by atoms with van der Waals surface area (Å²) in [5, 5.41) is 5.46. The molecule has 0 amide bonds. The third-order valence-corrected chi connectivity index (χ3v) is 4.07. The van der Waals surface area contributed by atoms with Gasteiger partial charge in [0.05, 0.1) is 0 Å². The quantitative estimate of drug-likeness (QED) is 0.645. The number of nitrogens with two attached hydrogens (primary N) is 1. The summed E-state index contributed by atoms with van der Waals surface area (Å²) in [5.41, 5.74) is 9.19. The van der Waals surface area contributed by atoms with Gasteiger partial charge in [-0.3, -0.25) is 4.79 Å². The Labute approximate surface area is 117 Å². The highest BCUT2D eigenvalue weighted by atomic mass is 32.1. The third-order valence-electron chi connectivity index (χ3n) is 3.10. The van der Waals surface area contributed by atoms with Crippen molar-refractivity contribution in [2.75, 3.05) is 11.1 Å². The maximum absolute atomic E-state index is 11.4. The molecule has 0 saturated heterocycles. The van der Waals surface area contributed by atoms with Crippen LogP contribution in [0.15, 0.2) is 29.6 Å². The van der Waals surface area contributed by atoms with E-state index in [-0.39, 0.29) is 5.78 Å². The second-order valence-corrected chi connectivity index (χ2v) is 5.44. The number of hydrogen-bond acceptors (Lipinski definition) is 4. The van der Waals surface area contributed by atoms with Gasteiger partial charge in [0.15, 0.2) is 5.78 Å². The number of Topliss-reactive ketones (excluding diaryl/α,β-unsaturated/α-hetero) is 1. The van der Waals surface area contributed by atoms with E-state index in [0.717, 1.165) is 18.7 Å². The van der Waals surface area contributed by atoms with E-state index in [0.29, 0.717) is 11.3 Å². The van der Waals surface area contributed by atoms with Gasteiger partial charge in [-0.2, -0.15) is 0 Å². The van der Waals surface area contributed by atoms with Gasteiger partial charge in [0, 0.05) is 28.4 Å². The van der Waals surface area contributed by atoms with Crippen LogP contribution in [0.5, 0.6) is 0 Å². The van der Waals surface area contributed by atoms with Gasteiger partial charge in [0.1, 0.15) is 0 Å². The molecule has 0 atom stereocenters. The molecular weight excluding hydrogens is 256 g/mol. The predicted octanol–water partition coefficient (Wildman–Crippen LogP) is 3.71. The molecule has 1 aromatic carbocycles. The van der Waals surface area contributed by atoms with Crippen molar-refractivity contribution in [1.29, 1.82) is 0 Å². The molecule has 2 rings (SSSR count). The number of anilines is 2. The van der Waals surface area contributed by atoms with Gasteiger partial charge in [-0.25, -0.2) is 0 Å². The summed E-state index contributed by atoms with van der Waals surface area (Å²) in [6.45, 7) is 4.47. The minimum Gasteiger partial charge on any atom is -0.398 e. The zero-order valence-corrected chi connectivity index (χ0v) is 12.0. The molecule has 0 spiro atoms. The Balaban J connectivity index is 2.12. The van der Waals surface area contributed by atoms with Gasteiger partial charge in [-0.15, -0.1) is 11.3 Å². The van der Waals surface area contributed by atoms with Crippen molar-refractivity contribution in [1.82, 2.24) is 0 Å². The van der Waals surface area contributed by atoms with Crippen molar-refractivity contribution >= 4 is 28.5 Å². The van der Waals surface area contributed by atoms with Crippen LogP contribution in [0.4, 0.5) is 11.4 Å². The molecule has 0 unspecified atom stereocenters. The normalized spacial score (nSPS) is 10.4. The lowest BCUT2D eigenvalue weighted by Crippen LogP contribution is -2.04. The molecule has 0 saturated carbocycles. The van der Waals surface area contributed by atoms with Crippen molar-refractivity contribution < 1.29 is 4.79 Å². The standard InChI is InChI=1S/C15H18N2OS/c1-3-11-6-7-19-15(11)9-17-12-4-5-14(16)13(8-12)10(2)18/h4-8,17H,3,9,16H2,1-2H3. The fraction of sp³-hybridized carbons (Fsp3) is 0.267. The first-order chi connectivity index (χ1) is 9.11. The molecule has 0 aliphatic rings. The Hall–Kier alpha value is -1.81. The molecule has 4 heteroatoms. The zero-order chi connectivity index (χ0) is 13.8. The Morgan fingerprint density at radius 2 is 2.16 bits per heavy atom. The van der Waals surface area contributed by atoms with Crippen molar-refractivity contribution in [3.8, 4) is 0 Å². The summed E-state index contributed by atoms with van der Waals surface area (Å²) in [7, 11) is 0. The van der Waals surface area contributed by atoms with Crippen molar-refractivity contribution in [2.45, 2.75) is 26.8 Å². The topological polar surface area (TPSA) is 55.1 Å². The SMILES string of the molecule is CCc1ccsc1CNc1ccc(N)c(C(C)=O)c1. The van der Waals surface area contributed by atoms with Crippen LogP contribution in [0.2, 0.25) is 0 Å². The Morgan fingerprint density at radius 1 is 1.37 bits per heavy atom. The molecule has 1 aromatic heterocycles. The number of carbonyl (C=O) groups excluding carboxylic acids is 1. The lowest BCUT2D eigenvalue weighted by atomic mass is 10.1. The summed E-state index contributed by atoms with van der Waals surface area (Å²) in [4.78, 5) is 12.8. The largest absolute Gasteiger partial charge is 0.398 e. The second-order valence-electron chi connectivity index (χ2n) is 4.43. The maximum atomic E-state index is 11.4. The Kier molecular flexibility index (Phi) is 4.22. The van der Waals surface area contributed by atoms with E-state index in [1.54, 1.807) is 17.4 Å². The average Bonchev–Trinajstić information content (AvgIpc) is 2.84. The van der Waals surface area contributed by atoms with Crippen molar-refractivity contribution in [2.24, 2.45) is 0 Å². The highest BCUT2D eigenvalue weighted by molar-refractivity contribution is 7.10. The maximum Gasteiger partial charge on any atom is 0.161 e. The number of aryl methyl sites for hydroxylation is 1. The zero-order valence-electron chi connectivity index (χ0n) is 11.2. The van der Waals surface area contributed by atoms with Gasteiger partial charge in [0.2, 0.25) is 0 Å². The first kappa shape index (κ1) is 13.6. The number of benzene rings is 1. The van der Waals surface area contributed by atoms with E-state index < -0.39 is 0 Å². The number of thiophene rings is 1. The Morgan fingerprint density at radius 3 is 2.84 bits per heavy atom. The van der Waals surface area contributed by atoms with Crippen LogP contribution < -0.4 is 11.1 Å². The summed E-state index contributed by atoms with van der Waals surface area (Å²) in [6.07, 6.45) is 1.04. The van der Waals surface area contributed by atoms with Crippen LogP contribution in [0, 0.1) is 0 Å². The summed E-state index contributed by atoms with van der Waals surface area (Å²) in [6, 6.07) is 7.65. The Bertz CT molecular complexity index is 590. The fourth-order valence-corrected chi connectivity index (χ4v) is 2.91. The van der Waals surface area contributed by atoms with Crippen LogP contribution in [0.1, 0.15) is 34.6 Å². The minimum atomic E-state index is -0.00785. The average molecular weight is 274 g/mol. The highest BCUT2D eigenvalue weighted by Gasteiger charge is 2.07. The molecule has 3 nitrogen and oxygen atoms in total. The molecule has 19 heavy (non-hydrogen) atoms. The molecule has 3 N–H and O–H groups in total. The van der Waals surface area contributed by atoms with Gasteiger partial charge < -0.3 is 11.1 Å². The highest BCUT2D eigenvalue weighted by Crippen LogP contribution is 2.22. The van der Waals surface area contributed by atoms with Gasteiger partial charge in [-0.05, 0) is 48.6 Å². The van der Waals surface area contributed by atoms with E-state index in [4.69, 9.17) is 5.73 Å². The van der Waals surface area contributed by atoms with Gasteiger partial charge in [0.25, 0.3) is 0 Å². The fourth-order valence-electron chi connectivity index (χ4n) is 1.99. The molecule has 0 radical (unpaired) electrons. The second kappa shape index (κ2) is 5.89. The molecule has 0 fully saturated rings. The summed E-state index contributed by atoms with van der Waals surface area (Å²) >= 11 is 1.75. The van der Waals surface area contributed by atoms with Crippen LogP contribution in [0.3, 0.4) is 0 Å². The lowest BCUT2D eigenvalue weighted by molar-refractivity contribution is 0.101. The predicted molar refractivity (Wildman–Crippen MR) is 81.9 cm³/mol. The van der Waals surface area contributed by atoms with Gasteiger partial charge in [-0.1, -0.05) is 6.92 Å². The van der Waals surface area contributed by atoms with Crippen LogP contribution in [-0.2, 0) is 13.0 Å². The lowest BCUT2D eigenvalue weighted by Gasteiger charge is -2.09. The smallest absolute Gasteiger partial charge is 0.161 e. The number of nitrogen functional groups attached to an aromatic ring is 1. The van der Waals surface area contributed by atoms with E-state index in [9.17, 15) is 4.79 Å². The summed E-state index contributed by atoms with van der Waals surface area (Å²) < 4.78 is 0. The van der Waals surface area contributed by atoms with Crippen molar-refractivity contribution in [3.63, 3.8) is 0 Å². The van der Waals surface area contributed by atoms with Crippen LogP contribution in [-0.4, -0.2) is 5.78 Å². The molecule has 1 heterocycles. The third kappa shape index (κ3) is 3.15. The molecule has 100 valence electrons. The summed E-state index contributed by atoms with van der Waals surface area (Å²) in [5.74, 6) is -0.00785. The van der Waals surface area contributed by atoms with E-state index in [1.165, 1.54) is 17.4 Å². The van der Waals surface area contributed by atoms with E-state index in [1.807, 2.05) is 12.1 Å². The van der Waals surface area contributed by atoms with Crippen molar-refractivity contribution in [3.05, 3.63) is 45.6 Å². The number of rotatable bonds is 5. The minimum absolute atomic E-state index is 0.00785. The molecule has 0 bridgehead atoms. The first-order valence-electron chi connectivity index (χ1n) is 6.31. The molecule has 2 aromatic rings. The monoisotopic (exact) mass is 274 g/mol. The van der Waals surface area contributed by atoms with E-state index in [2.05, 4.69) is 23.7 Å². The van der Waals surface area contributed by atoms with Crippen LogP contribution >= 0.6 is 11.3 Å². The first-order valence-corrected chi connectivity index (χ1v) is 7.19. The van der Waals surface area contributed by atoms with Crippen LogP contribution in [0.25, 0.3) is 0 Å². The van der Waals surface area contributed by atoms with Gasteiger partial charge >= 0.3 is 0 Å². The number of nitrogens with one attached hydrogen (secondary N) is 1. The molecular formula is C15H18N2OS. The number of carbonyl (C=O) groups is 1. The number of hydrogen-bond donors (Lipinski definition) is 2. The number of ketones is 1. The molecule has 0 aliphatic heterocycles. The van der Waals surface area contributed by atoms with E-state index >= 15 is 0 Å². The molecule has 0 aliphatic carbocycles.